The number of ether oxygens (including phenoxy) is 1. The van der Waals surface area contributed by atoms with Gasteiger partial charge in [-0.3, -0.25) is 0 Å². The van der Waals surface area contributed by atoms with Gasteiger partial charge in [-0.15, -0.1) is 0 Å². The van der Waals surface area contributed by atoms with Gasteiger partial charge in [0.15, 0.2) is 0 Å². The minimum absolute atomic E-state index is 0.0886. The third-order valence-corrected chi connectivity index (χ3v) is 12.1. The van der Waals surface area contributed by atoms with Crippen LogP contribution >= 0.6 is 0 Å². The molecule has 0 amide bonds. The number of allylic oxidation sites excluding steroid dienone is 2. The molecule has 0 spiro atoms. The Hall–Kier alpha value is -0.300. The van der Waals surface area contributed by atoms with Gasteiger partial charge < -0.3 is 4.74 Å². The highest BCUT2D eigenvalue weighted by atomic mass is 16.5. The van der Waals surface area contributed by atoms with Crippen molar-refractivity contribution in [3.05, 3.63) is 11.6 Å². The van der Waals surface area contributed by atoms with Crippen molar-refractivity contribution in [2.75, 3.05) is 6.61 Å². The molecule has 1 heterocycles. The maximum absolute atomic E-state index is 6.62. The molecule has 5 aliphatic rings. The maximum Gasteiger partial charge on any atom is 0.0683 e. The molecule has 11 atom stereocenters. The van der Waals surface area contributed by atoms with Crippen LogP contribution in [0, 0.1) is 58.2 Å². The minimum Gasteiger partial charge on any atom is -0.375 e. The standard InChI is InChI=1S/C30H50O/c1-19-10-13-28(5)23(16-19)8-9-24-25(28)12-14-29(6)26(24)17-21(3)27(29)22(4)30(7)15-11-20(2)18-31-30/h8,19-22,24-27H,9-18H2,1-7H3/t19?,20?,21?,22-,24?,25?,26?,27?,28-,29-,30?/m0/s1. The lowest BCUT2D eigenvalue weighted by Gasteiger charge is -2.59. The SMILES string of the molecule is CC1CCC(C)([C@@H](C)C2C(C)CC3C4CC=C5CC(C)CC[C@]5(C)C4CC[C@@]32C)OC1. The van der Waals surface area contributed by atoms with E-state index >= 15 is 0 Å². The zero-order chi connectivity index (χ0) is 22.2. The van der Waals surface area contributed by atoms with E-state index in [2.05, 4.69) is 54.5 Å². The summed E-state index contributed by atoms with van der Waals surface area (Å²) in [7, 11) is 0. The Bertz CT molecular complexity index is 714. The molecule has 0 N–H and O–H groups in total. The summed E-state index contributed by atoms with van der Waals surface area (Å²) in [6.07, 6.45) is 15.4. The zero-order valence-electron chi connectivity index (χ0n) is 21.7. The van der Waals surface area contributed by atoms with Crippen LogP contribution < -0.4 is 0 Å². The van der Waals surface area contributed by atoms with E-state index in [1.807, 2.05) is 5.57 Å². The van der Waals surface area contributed by atoms with Crippen molar-refractivity contribution in [3.63, 3.8) is 0 Å². The molecule has 0 aromatic carbocycles. The van der Waals surface area contributed by atoms with Crippen molar-refractivity contribution in [1.29, 1.82) is 0 Å². The van der Waals surface area contributed by atoms with Crippen molar-refractivity contribution >= 4 is 0 Å². The Morgan fingerprint density at radius 3 is 2.39 bits per heavy atom. The van der Waals surface area contributed by atoms with Crippen molar-refractivity contribution in [3.8, 4) is 0 Å². The molecule has 4 aliphatic carbocycles. The lowest BCUT2D eigenvalue weighted by atomic mass is 9.46. The fraction of sp³-hybridized carbons (Fsp3) is 0.933. The lowest BCUT2D eigenvalue weighted by Crippen LogP contribution is -2.53. The fourth-order valence-corrected chi connectivity index (χ4v) is 10.1. The van der Waals surface area contributed by atoms with Gasteiger partial charge in [-0.25, -0.2) is 0 Å². The first kappa shape index (κ1) is 22.5. The van der Waals surface area contributed by atoms with E-state index in [1.54, 1.807) is 0 Å². The Labute approximate surface area is 193 Å². The number of rotatable bonds is 2. The van der Waals surface area contributed by atoms with Crippen molar-refractivity contribution in [2.24, 2.45) is 58.2 Å². The second-order valence-corrected chi connectivity index (χ2v) is 13.9. The van der Waals surface area contributed by atoms with Gasteiger partial charge in [0.1, 0.15) is 0 Å². The van der Waals surface area contributed by atoms with Crippen LogP contribution in [0.25, 0.3) is 0 Å². The molecule has 1 nitrogen and oxygen atoms in total. The summed E-state index contributed by atoms with van der Waals surface area (Å²) in [6, 6.07) is 0. The van der Waals surface area contributed by atoms with Gasteiger partial charge in [0.25, 0.3) is 0 Å². The number of hydrogen-bond donors (Lipinski definition) is 0. The van der Waals surface area contributed by atoms with E-state index in [0.29, 0.717) is 16.7 Å². The van der Waals surface area contributed by atoms with Crippen LogP contribution in [0.2, 0.25) is 0 Å². The first-order chi connectivity index (χ1) is 14.6. The Morgan fingerprint density at radius 1 is 0.935 bits per heavy atom. The molecule has 0 radical (unpaired) electrons. The first-order valence-corrected chi connectivity index (χ1v) is 13.9. The highest BCUT2D eigenvalue weighted by Gasteiger charge is 2.62. The number of hydrogen-bond acceptors (Lipinski definition) is 1. The van der Waals surface area contributed by atoms with Crippen molar-refractivity contribution < 1.29 is 4.74 Å². The molecule has 176 valence electrons. The lowest BCUT2D eigenvalue weighted by molar-refractivity contribution is -0.151. The molecular formula is C30H50O. The van der Waals surface area contributed by atoms with E-state index in [9.17, 15) is 0 Å². The second kappa shape index (κ2) is 7.61. The van der Waals surface area contributed by atoms with Crippen LogP contribution in [0.15, 0.2) is 11.6 Å². The molecule has 3 saturated carbocycles. The summed E-state index contributed by atoms with van der Waals surface area (Å²) < 4.78 is 6.62. The molecule has 5 rings (SSSR count). The normalized spacial score (nSPS) is 55.6. The molecule has 1 heteroatoms. The van der Waals surface area contributed by atoms with E-state index in [1.165, 1.54) is 57.8 Å². The largest absolute Gasteiger partial charge is 0.375 e. The van der Waals surface area contributed by atoms with Gasteiger partial charge in [-0.2, -0.15) is 0 Å². The first-order valence-electron chi connectivity index (χ1n) is 13.9. The van der Waals surface area contributed by atoms with Crippen LogP contribution in [0.3, 0.4) is 0 Å². The Kier molecular flexibility index (Phi) is 5.52. The zero-order valence-corrected chi connectivity index (χ0v) is 21.7. The molecule has 0 aromatic heterocycles. The highest BCUT2D eigenvalue weighted by molar-refractivity contribution is 5.25. The van der Waals surface area contributed by atoms with E-state index < -0.39 is 0 Å². The highest BCUT2D eigenvalue weighted by Crippen LogP contribution is 2.69. The molecule has 4 fully saturated rings. The second-order valence-electron chi connectivity index (χ2n) is 13.9. The Balaban J connectivity index is 1.42. The maximum atomic E-state index is 6.62. The molecule has 1 saturated heterocycles. The van der Waals surface area contributed by atoms with E-state index in [-0.39, 0.29) is 5.60 Å². The molecule has 0 bridgehead atoms. The molecule has 0 aromatic rings. The average molecular weight is 427 g/mol. The minimum atomic E-state index is 0.0886. The predicted octanol–water partition coefficient (Wildman–Crippen LogP) is 8.29. The van der Waals surface area contributed by atoms with Crippen LogP contribution in [0.1, 0.15) is 106 Å². The van der Waals surface area contributed by atoms with Gasteiger partial charge in [0.05, 0.1) is 5.60 Å². The van der Waals surface area contributed by atoms with Gasteiger partial charge >= 0.3 is 0 Å². The molecular weight excluding hydrogens is 376 g/mol. The molecule has 8 unspecified atom stereocenters. The van der Waals surface area contributed by atoms with Gasteiger partial charge in [0, 0.05) is 6.61 Å². The van der Waals surface area contributed by atoms with E-state index in [4.69, 9.17) is 4.74 Å². The van der Waals surface area contributed by atoms with Gasteiger partial charge in [-0.05, 0) is 123 Å². The summed E-state index contributed by atoms with van der Waals surface area (Å²) >= 11 is 0. The summed E-state index contributed by atoms with van der Waals surface area (Å²) in [4.78, 5) is 0. The molecule has 1 aliphatic heterocycles. The van der Waals surface area contributed by atoms with Crippen LogP contribution in [0.5, 0.6) is 0 Å². The third kappa shape index (κ3) is 3.33. The fourth-order valence-electron chi connectivity index (χ4n) is 10.1. The van der Waals surface area contributed by atoms with Gasteiger partial charge in [0.2, 0.25) is 0 Å². The summed E-state index contributed by atoms with van der Waals surface area (Å²) in [5.74, 6) is 6.77. The average Bonchev–Trinajstić information content (AvgIpc) is 3.00. The van der Waals surface area contributed by atoms with Crippen molar-refractivity contribution in [1.82, 2.24) is 0 Å². The Morgan fingerprint density at radius 2 is 1.68 bits per heavy atom. The number of fused-ring (bicyclic) bond motifs is 5. The summed E-state index contributed by atoms with van der Waals surface area (Å²) in [5, 5.41) is 0. The van der Waals surface area contributed by atoms with E-state index in [0.717, 1.165) is 48.0 Å². The monoisotopic (exact) mass is 426 g/mol. The third-order valence-electron chi connectivity index (χ3n) is 12.1. The summed E-state index contributed by atoms with van der Waals surface area (Å²) in [6.45, 7) is 18.8. The molecule has 31 heavy (non-hydrogen) atoms. The van der Waals surface area contributed by atoms with Crippen LogP contribution in [-0.2, 0) is 4.74 Å². The quantitative estimate of drug-likeness (QED) is 0.403. The topological polar surface area (TPSA) is 9.23 Å². The predicted molar refractivity (Wildman–Crippen MR) is 131 cm³/mol. The van der Waals surface area contributed by atoms with Crippen LogP contribution in [-0.4, -0.2) is 12.2 Å². The van der Waals surface area contributed by atoms with Crippen molar-refractivity contribution in [2.45, 2.75) is 112 Å². The van der Waals surface area contributed by atoms with Crippen LogP contribution in [0.4, 0.5) is 0 Å². The van der Waals surface area contributed by atoms with Gasteiger partial charge in [-0.1, -0.05) is 53.2 Å². The smallest absolute Gasteiger partial charge is 0.0683 e. The summed E-state index contributed by atoms with van der Waals surface area (Å²) in [5.41, 5.74) is 2.96.